The van der Waals surface area contributed by atoms with Gasteiger partial charge in [0.05, 0.1) is 18.8 Å². The highest BCUT2D eigenvalue weighted by Crippen LogP contribution is 2.24. The predicted molar refractivity (Wildman–Crippen MR) is 79.8 cm³/mol. The van der Waals surface area contributed by atoms with E-state index < -0.39 is 6.04 Å². The predicted octanol–water partition coefficient (Wildman–Crippen LogP) is 1.26. The summed E-state index contributed by atoms with van der Waals surface area (Å²) in [6.45, 7) is 6.29. The Labute approximate surface area is 129 Å². The van der Waals surface area contributed by atoms with Crippen LogP contribution in [0.25, 0.3) is 0 Å². The van der Waals surface area contributed by atoms with Crippen molar-refractivity contribution < 1.29 is 9.59 Å². The monoisotopic (exact) mass is 312 g/mol. The molecule has 1 aliphatic heterocycles. The molecule has 0 aromatic carbocycles. The molecule has 0 saturated carbocycles. The number of aryl methyl sites for hydroxylation is 2. The smallest absolute Gasteiger partial charge is 0.243 e. The molecule has 1 aliphatic rings. The number of nitrogens with zero attached hydrogens (tertiary/aromatic N) is 3. The fraction of sp³-hybridized carbons (Fsp3) is 0.643. The second-order valence-corrected chi connectivity index (χ2v) is 6.22. The molecule has 2 heterocycles. The Morgan fingerprint density at radius 2 is 2.10 bits per heavy atom. The van der Waals surface area contributed by atoms with Gasteiger partial charge in [-0.2, -0.15) is 5.10 Å². The lowest BCUT2D eigenvalue weighted by atomic mass is 9.99. The van der Waals surface area contributed by atoms with Crippen LogP contribution >= 0.6 is 11.6 Å². The number of carbonyl (C=O) groups is 2. The van der Waals surface area contributed by atoms with Gasteiger partial charge in [0.15, 0.2) is 0 Å². The van der Waals surface area contributed by atoms with Gasteiger partial charge < -0.3 is 10.2 Å². The standard InChI is InChI=1S/C14H21ClN4O2/c1-8(2)5-11-14(21)16-6-12(20)19(11)7-10-9(3)17-18(4)13(10)15/h8,11H,5-7H2,1-4H3,(H,16,21). The van der Waals surface area contributed by atoms with Crippen LogP contribution in [0.15, 0.2) is 0 Å². The summed E-state index contributed by atoms with van der Waals surface area (Å²) in [5.74, 6) is 0.139. The van der Waals surface area contributed by atoms with Crippen LogP contribution in [-0.4, -0.2) is 39.1 Å². The van der Waals surface area contributed by atoms with Crippen molar-refractivity contribution in [1.29, 1.82) is 0 Å². The summed E-state index contributed by atoms with van der Waals surface area (Å²) in [7, 11) is 1.76. The SMILES string of the molecule is Cc1nn(C)c(Cl)c1CN1C(=O)CNC(=O)C1CC(C)C. The third kappa shape index (κ3) is 3.20. The van der Waals surface area contributed by atoms with Crippen LogP contribution in [0, 0.1) is 12.8 Å². The molecule has 1 atom stereocenters. The van der Waals surface area contributed by atoms with Gasteiger partial charge in [-0.05, 0) is 19.3 Å². The maximum atomic E-state index is 12.2. The van der Waals surface area contributed by atoms with E-state index in [9.17, 15) is 9.59 Å². The highest BCUT2D eigenvalue weighted by molar-refractivity contribution is 6.30. The van der Waals surface area contributed by atoms with Crippen LogP contribution in [0.1, 0.15) is 31.5 Å². The van der Waals surface area contributed by atoms with Crippen molar-refractivity contribution in [3.63, 3.8) is 0 Å². The normalized spacial score (nSPS) is 19.3. The summed E-state index contributed by atoms with van der Waals surface area (Å²) < 4.78 is 1.58. The van der Waals surface area contributed by atoms with Crippen molar-refractivity contribution in [1.82, 2.24) is 20.0 Å². The number of rotatable bonds is 4. The van der Waals surface area contributed by atoms with Gasteiger partial charge in [-0.3, -0.25) is 14.3 Å². The van der Waals surface area contributed by atoms with E-state index in [-0.39, 0.29) is 18.4 Å². The van der Waals surface area contributed by atoms with Crippen molar-refractivity contribution in [2.75, 3.05) is 6.54 Å². The highest BCUT2D eigenvalue weighted by atomic mass is 35.5. The lowest BCUT2D eigenvalue weighted by Gasteiger charge is -2.35. The quantitative estimate of drug-likeness (QED) is 0.910. The summed E-state index contributed by atoms with van der Waals surface area (Å²) in [4.78, 5) is 25.9. The first kappa shape index (κ1) is 15.8. The van der Waals surface area contributed by atoms with Crippen molar-refractivity contribution in [3.8, 4) is 0 Å². The van der Waals surface area contributed by atoms with E-state index in [2.05, 4.69) is 10.4 Å². The molecule has 0 aliphatic carbocycles. The molecule has 1 fully saturated rings. The zero-order valence-electron chi connectivity index (χ0n) is 12.8. The molecule has 0 bridgehead atoms. The van der Waals surface area contributed by atoms with Crippen molar-refractivity contribution in [2.24, 2.45) is 13.0 Å². The van der Waals surface area contributed by atoms with E-state index in [1.54, 1.807) is 16.6 Å². The number of carbonyl (C=O) groups excluding carboxylic acids is 2. The third-order valence-corrected chi connectivity index (χ3v) is 4.18. The van der Waals surface area contributed by atoms with Gasteiger partial charge in [-0.1, -0.05) is 25.4 Å². The minimum atomic E-state index is -0.443. The minimum absolute atomic E-state index is 0.0460. The van der Waals surface area contributed by atoms with Crippen molar-refractivity contribution in [3.05, 3.63) is 16.4 Å². The van der Waals surface area contributed by atoms with Crippen LogP contribution in [0.2, 0.25) is 5.15 Å². The minimum Gasteiger partial charge on any atom is -0.345 e. The van der Waals surface area contributed by atoms with Crippen molar-refractivity contribution in [2.45, 2.75) is 39.8 Å². The Morgan fingerprint density at radius 3 is 2.62 bits per heavy atom. The lowest BCUT2D eigenvalue weighted by Crippen LogP contribution is -2.58. The Kier molecular flexibility index (Phi) is 4.56. The zero-order valence-corrected chi connectivity index (χ0v) is 13.6. The first-order chi connectivity index (χ1) is 9.81. The molecule has 116 valence electrons. The molecule has 1 aromatic rings. The van der Waals surface area contributed by atoms with Gasteiger partial charge in [0.1, 0.15) is 11.2 Å². The Bertz CT molecular complexity index is 568. The van der Waals surface area contributed by atoms with Gasteiger partial charge in [0.25, 0.3) is 0 Å². The molecule has 0 radical (unpaired) electrons. The molecule has 0 spiro atoms. The topological polar surface area (TPSA) is 67.2 Å². The van der Waals surface area contributed by atoms with Crippen LogP contribution in [0.5, 0.6) is 0 Å². The van der Waals surface area contributed by atoms with Gasteiger partial charge in [0, 0.05) is 12.6 Å². The Hall–Kier alpha value is -1.56. The fourth-order valence-electron chi connectivity index (χ4n) is 2.60. The largest absolute Gasteiger partial charge is 0.345 e. The molecule has 2 amide bonds. The molecular weight excluding hydrogens is 292 g/mol. The van der Waals surface area contributed by atoms with Crippen LogP contribution in [-0.2, 0) is 23.2 Å². The second-order valence-electron chi connectivity index (χ2n) is 5.86. The van der Waals surface area contributed by atoms with Gasteiger partial charge in [0.2, 0.25) is 11.8 Å². The maximum absolute atomic E-state index is 12.2. The van der Waals surface area contributed by atoms with E-state index in [1.807, 2.05) is 20.8 Å². The number of aromatic nitrogens is 2. The van der Waals surface area contributed by atoms with Gasteiger partial charge in [-0.25, -0.2) is 0 Å². The molecule has 7 heteroatoms. The van der Waals surface area contributed by atoms with E-state index in [1.165, 1.54) is 0 Å². The summed E-state index contributed by atoms with van der Waals surface area (Å²) in [6.07, 6.45) is 0.633. The van der Waals surface area contributed by atoms with E-state index in [0.29, 0.717) is 24.0 Å². The highest BCUT2D eigenvalue weighted by Gasteiger charge is 2.35. The summed E-state index contributed by atoms with van der Waals surface area (Å²) >= 11 is 6.23. The maximum Gasteiger partial charge on any atom is 0.243 e. The molecule has 21 heavy (non-hydrogen) atoms. The Balaban J connectivity index is 2.28. The second kappa shape index (κ2) is 6.05. The Morgan fingerprint density at radius 1 is 1.43 bits per heavy atom. The third-order valence-electron chi connectivity index (χ3n) is 3.71. The van der Waals surface area contributed by atoms with Gasteiger partial charge in [-0.15, -0.1) is 0 Å². The molecule has 6 nitrogen and oxygen atoms in total. The average molecular weight is 313 g/mol. The van der Waals surface area contributed by atoms with Crippen LogP contribution < -0.4 is 5.32 Å². The van der Waals surface area contributed by atoms with Crippen molar-refractivity contribution >= 4 is 23.4 Å². The average Bonchev–Trinajstić information content (AvgIpc) is 2.63. The van der Waals surface area contributed by atoms with Gasteiger partial charge >= 0.3 is 0 Å². The van der Waals surface area contributed by atoms with E-state index >= 15 is 0 Å². The first-order valence-electron chi connectivity index (χ1n) is 7.06. The summed E-state index contributed by atoms with van der Waals surface area (Å²) in [5.41, 5.74) is 1.58. The molecule has 1 N–H and O–H groups in total. The number of hydrogen-bond acceptors (Lipinski definition) is 3. The summed E-state index contributed by atoms with van der Waals surface area (Å²) in [5, 5.41) is 7.41. The number of amides is 2. The molecule has 2 rings (SSSR count). The van der Waals surface area contributed by atoms with Crippen LogP contribution in [0.3, 0.4) is 0 Å². The number of nitrogens with one attached hydrogen (secondary N) is 1. The number of piperazine rings is 1. The lowest BCUT2D eigenvalue weighted by molar-refractivity contribution is -0.146. The number of halogens is 1. The summed E-state index contributed by atoms with van der Waals surface area (Å²) in [6, 6.07) is -0.443. The molecule has 1 saturated heterocycles. The van der Waals surface area contributed by atoms with E-state index in [4.69, 9.17) is 11.6 Å². The van der Waals surface area contributed by atoms with Crippen LogP contribution in [0.4, 0.5) is 0 Å². The fourth-order valence-corrected chi connectivity index (χ4v) is 2.83. The number of hydrogen-bond donors (Lipinski definition) is 1. The molecule has 1 aromatic heterocycles. The molecular formula is C14H21ClN4O2. The van der Waals surface area contributed by atoms with E-state index in [0.717, 1.165) is 11.3 Å². The molecule has 1 unspecified atom stereocenters. The first-order valence-corrected chi connectivity index (χ1v) is 7.44. The zero-order chi connectivity index (χ0) is 15.7.